The van der Waals surface area contributed by atoms with Crippen molar-refractivity contribution in [3.63, 3.8) is 0 Å². The largest absolute Gasteiger partial charge is 0.449 e. The van der Waals surface area contributed by atoms with Crippen molar-refractivity contribution in [3.05, 3.63) is 59.7 Å². The van der Waals surface area contributed by atoms with Gasteiger partial charge < -0.3 is 10.1 Å². The van der Waals surface area contributed by atoms with Crippen LogP contribution in [0.25, 0.3) is 0 Å². The number of esters is 1. The van der Waals surface area contributed by atoms with Gasteiger partial charge in [-0.05, 0) is 55.1 Å². The van der Waals surface area contributed by atoms with Crippen molar-refractivity contribution in [2.45, 2.75) is 23.4 Å². The molecule has 140 valence electrons. The lowest BCUT2D eigenvalue weighted by molar-refractivity contribution is -0.123. The van der Waals surface area contributed by atoms with Crippen molar-refractivity contribution in [2.24, 2.45) is 0 Å². The monoisotopic (exact) mass is 394 g/mol. The van der Waals surface area contributed by atoms with Crippen molar-refractivity contribution < 1.29 is 27.5 Å². The molecule has 2 rings (SSSR count). The third kappa shape index (κ3) is 6.04. The first kappa shape index (κ1) is 20.3. The molecule has 0 bridgehead atoms. The van der Waals surface area contributed by atoms with Gasteiger partial charge in [-0.2, -0.15) is 18.4 Å². The lowest BCUT2D eigenvalue weighted by Crippen LogP contribution is -2.30. The SMILES string of the molecule is CC(OC(=O)c1ccc(SC(F)(F)F)cc1)C(=O)Nc1ccccc1C#N. The lowest BCUT2D eigenvalue weighted by Gasteiger charge is -2.14. The first-order valence-electron chi connectivity index (χ1n) is 7.56. The number of alkyl halides is 3. The van der Waals surface area contributed by atoms with Gasteiger partial charge in [0, 0.05) is 4.90 Å². The summed E-state index contributed by atoms with van der Waals surface area (Å²) in [6, 6.07) is 12.9. The third-order valence-corrected chi connectivity index (χ3v) is 4.02. The molecular weight excluding hydrogens is 381 g/mol. The van der Waals surface area contributed by atoms with E-state index in [1.54, 1.807) is 12.1 Å². The van der Waals surface area contributed by atoms with Gasteiger partial charge in [-0.15, -0.1) is 0 Å². The Balaban J connectivity index is 1.98. The van der Waals surface area contributed by atoms with Crippen LogP contribution in [0.3, 0.4) is 0 Å². The van der Waals surface area contributed by atoms with Gasteiger partial charge in [0.05, 0.1) is 16.8 Å². The fourth-order valence-electron chi connectivity index (χ4n) is 2.00. The molecular formula is C18H13F3N2O3S. The van der Waals surface area contributed by atoms with Gasteiger partial charge >= 0.3 is 11.5 Å². The smallest absolute Gasteiger partial charge is 0.446 e. The van der Waals surface area contributed by atoms with E-state index in [0.29, 0.717) is 0 Å². The van der Waals surface area contributed by atoms with Crippen molar-refractivity contribution in [3.8, 4) is 6.07 Å². The van der Waals surface area contributed by atoms with Gasteiger partial charge in [-0.25, -0.2) is 4.79 Å². The summed E-state index contributed by atoms with van der Waals surface area (Å²) in [5.41, 5.74) is -3.88. The minimum Gasteiger partial charge on any atom is -0.449 e. The van der Waals surface area contributed by atoms with Crippen molar-refractivity contribution in [1.29, 1.82) is 5.26 Å². The molecule has 27 heavy (non-hydrogen) atoms. The number of amides is 1. The highest BCUT2D eigenvalue weighted by molar-refractivity contribution is 8.00. The quantitative estimate of drug-likeness (QED) is 0.602. The number of nitrogens with zero attached hydrogens (tertiary/aromatic N) is 1. The summed E-state index contributed by atoms with van der Waals surface area (Å²) in [5.74, 6) is -1.50. The Morgan fingerprint density at radius 1 is 1.15 bits per heavy atom. The number of carbonyl (C=O) groups is 2. The highest BCUT2D eigenvalue weighted by atomic mass is 32.2. The number of anilines is 1. The molecule has 1 N–H and O–H groups in total. The molecule has 0 heterocycles. The number of rotatable bonds is 5. The van der Waals surface area contributed by atoms with Crippen molar-refractivity contribution in [1.82, 2.24) is 0 Å². The molecule has 0 aliphatic carbocycles. The maximum Gasteiger partial charge on any atom is 0.446 e. The number of hydrogen-bond acceptors (Lipinski definition) is 5. The molecule has 0 aliphatic rings. The predicted molar refractivity (Wildman–Crippen MR) is 93.0 cm³/mol. The van der Waals surface area contributed by atoms with Crippen LogP contribution in [0.5, 0.6) is 0 Å². The molecule has 0 aromatic heterocycles. The van der Waals surface area contributed by atoms with E-state index in [2.05, 4.69) is 5.32 Å². The maximum atomic E-state index is 12.3. The molecule has 0 saturated carbocycles. The fraction of sp³-hybridized carbons (Fsp3) is 0.167. The van der Waals surface area contributed by atoms with Gasteiger partial charge in [0.1, 0.15) is 6.07 Å². The second-order valence-electron chi connectivity index (χ2n) is 5.27. The molecule has 5 nitrogen and oxygen atoms in total. The van der Waals surface area contributed by atoms with E-state index >= 15 is 0 Å². The molecule has 2 aromatic rings. The van der Waals surface area contributed by atoms with Crippen molar-refractivity contribution in [2.75, 3.05) is 5.32 Å². The Morgan fingerprint density at radius 3 is 2.37 bits per heavy atom. The van der Waals surface area contributed by atoms with Gasteiger partial charge in [-0.1, -0.05) is 12.1 Å². The van der Waals surface area contributed by atoms with Crippen LogP contribution in [0.2, 0.25) is 0 Å². The summed E-state index contributed by atoms with van der Waals surface area (Å²) in [7, 11) is 0. The highest BCUT2D eigenvalue weighted by Crippen LogP contribution is 2.36. The lowest BCUT2D eigenvalue weighted by atomic mass is 10.2. The van der Waals surface area contributed by atoms with Crippen LogP contribution in [0.4, 0.5) is 18.9 Å². The molecule has 0 saturated heterocycles. The van der Waals surface area contributed by atoms with E-state index < -0.39 is 23.5 Å². The highest BCUT2D eigenvalue weighted by Gasteiger charge is 2.29. The predicted octanol–water partition coefficient (Wildman–Crippen LogP) is 4.35. The molecule has 9 heteroatoms. The summed E-state index contributed by atoms with van der Waals surface area (Å²) in [5, 5.41) is 11.5. The van der Waals surface area contributed by atoms with Crippen LogP contribution in [0.15, 0.2) is 53.4 Å². The van der Waals surface area contributed by atoms with Crippen LogP contribution in [-0.2, 0) is 9.53 Å². The Morgan fingerprint density at radius 2 is 1.78 bits per heavy atom. The number of ether oxygens (including phenoxy) is 1. The summed E-state index contributed by atoms with van der Waals surface area (Å²) in [6.07, 6.45) is -1.17. The minimum atomic E-state index is -4.42. The molecule has 1 atom stereocenters. The molecule has 1 unspecified atom stereocenters. The normalized spacial score (nSPS) is 12.0. The van der Waals surface area contributed by atoms with E-state index in [1.165, 1.54) is 31.2 Å². The maximum absolute atomic E-state index is 12.3. The van der Waals surface area contributed by atoms with Crippen LogP contribution >= 0.6 is 11.8 Å². The van der Waals surface area contributed by atoms with Crippen LogP contribution < -0.4 is 5.32 Å². The van der Waals surface area contributed by atoms with Crippen LogP contribution in [-0.4, -0.2) is 23.5 Å². The van der Waals surface area contributed by atoms with Crippen LogP contribution in [0.1, 0.15) is 22.8 Å². The Kier molecular flexibility index (Phi) is 6.47. The number of nitrogens with one attached hydrogen (secondary N) is 1. The zero-order chi connectivity index (χ0) is 20.0. The first-order chi connectivity index (χ1) is 12.7. The summed E-state index contributed by atoms with van der Waals surface area (Å²) >= 11 is -0.298. The van der Waals surface area contributed by atoms with Gasteiger partial charge in [0.15, 0.2) is 6.10 Å². The number of nitriles is 1. The zero-order valence-electron chi connectivity index (χ0n) is 13.9. The average molecular weight is 394 g/mol. The van der Waals surface area contributed by atoms with Crippen molar-refractivity contribution >= 4 is 29.3 Å². The topological polar surface area (TPSA) is 79.2 Å². The van der Waals surface area contributed by atoms with E-state index in [4.69, 9.17) is 10.00 Å². The second kappa shape index (κ2) is 8.60. The number of thioether (sulfide) groups is 1. The molecule has 0 radical (unpaired) electrons. The third-order valence-electron chi connectivity index (χ3n) is 3.28. The Labute approximate surface area is 157 Å². The van der Waals surface area contributed by atoms with Gasteiger partial charge in [-0.3, -0.25) is 4.79 Å². The van der Waals surface area contributed by atoms with E-state index in [1.807, 2.05) is 6.07 Å². The number of para-hydroxylation sites is 1. The molecule has 0 fully saturated rings. The molecule has 0 spiro atoms. The number of carbonyl (C=O) groups excluding carboxylic acids is 2. The number of hydrogen-bond donors (Lipinski definition) is 1. The van der Waals surface area contributed by atoms with Gasteiger partial charge in [0.25, 0.3) is 5.91 Å². The molecule has 2 aromatic carbocycles. The number of benzene rings is 2. The van der Waals surface area contributed by atoms with Gasteiger partial charge in [0.2, 0.25) is 0 Å². The summed E-state index contributed by atoms with van der Waals surface area (Å²) < 4.78 is 41.9. The summed E-state index contributed by atoms with van der Waals surface area (Å²) in [4.78, 5) is 24.1. The first-order valence-corrected chi connectivity index (χ1v) is 8.38. The molecule has 0 aliphatic heterocycles. The van der Waals surface area contributed by atoms with E-state index in [0.717, 1.165) is 12.1 Å². The average Bonchev–Trinajstić information content (AvgIpc) is 2.61. The van der Waals surface area contributed by atoms with Crippen LogP contribution in [0, 0.1) is 11.3 Å². The Bertz CT molecular complexity index is 877. The fourth-order valence-corrected chi connectivity index (χ4v) is 2.54. The Hall–Kier alpha value is -2.99. The zero-order valence-corrected chi connectivity index (χ0v) is 14.7. The second-order valence-corrected chi connectivity index (χ2v) is 6.40. The van der Waals surface area contributed by atoms with E-state index in [9.17, 15) is 22.8 Å². The number of halogens is 3. The minimum absolute atomic E-state index is 0.0126. The standard InChI is InChI=1S/C18H13F3N2O3S/c1-11(16(24)23-15-5-3-2-4-13(15)10-22)26-17(25)12-6-8-14(9-7-12)27-18(19,20)21/h2-9,11H,1H3,(H,23,24). The molecule has 1 amide bonds. The summed E-state index contributed by atoms with van der Waals surface area (Å²) in [6.45, 7) is 1.34. The van der Waals surface area contributed by atoms with E-state index in [-0.39, 0.29) is 33.5 Å².